The first-order valence-electron chi connectivity index (χ1n) is 21.9. The maximum absolute atomic E-state index is 12.6. The highest BCUT2D eigenvalue weighted by Gasteiger charge is 2.19. The minimum atomic E-state index is -0.832. The van der Waals surface area contributed by atoms with Crippen LogP contribution in [0, 0.1) is 0 Å². The van der Waals surface area contributed by atoms with Crippen LogP contribution in [0.4, 0.5) is 0 Å². The molecule has 0 spiro atoms. The van der Waals surface area contributed by atoms with Crippen LogP contribution in [0.3, 0.4) is 0 Å². The molecule has 0 aliphatic carbocycles. The summed E-state index contributed by atoms with van der Waals surface area (Å²) in [6.07, 6.45) is 52.2. The third-order valence-electron chi connectivity index (χ3n) is 8.99. The molecular weight excluding hydrogens is 673 g/mol. The predicted molar refractivity (Wildman–Crippen MR) is 228 cm³/mol. The molecule has 0 amide bonds. The fourth-order valence-corrected chi connectivity index (χ4v) is 5.76. The molecule has 0 heterocycles. The third kappa shape index (κ3) is 40.0. The predicted octanol–water partition coefficient (Wildman–Crippen LogP) is 13.9. The monoisotopic (exact) mass is 753 g/mol. The van der Waals surface area contributed by atoms with Gasteiger partial charge in [-0.15, -0.1) is 0 Å². The molecule has 0 saturated heterocycles. The van der Waals surface area contributed by atoms with Crippen molar-refractivity contribution in [1.82, 2.24) is 0 Å². The smallest absolute Gasteiger partial charge is 0.309 e. The van der Waals surface area contributed by atoms with Crippen LogP contribution in [0.2, 0.25) is 0 Å². The van der Waals surface area contributed by atoms with E-state index in [1.165, 1.54) is 83.5 Å². The molecule has 308 valence electrons. The number of hydrogen-bond donors (Lipinski definition) is 0. The van der Waals surface area contributed by atoms with Crippen molar-refractivity contribution in [2.75, 3.05) is 13.2 Å². The van der Waals surface area contributed by atoms with E-state index in [1.807, 2.05) is 6.08 Å². The molecule has 0 aromatic heterocycles. The zero-order valence-corrected chi connectivity index (χ0v) is 35.0. The van der Waals surface area contributed by atoms with Crippen LogP contribution in [-0.4, -0.2) is 37.2 Å². The van der Waals surface area contributed by atoms with Crippen molar-refractivity contribution in [3.8, 4) is 0 Å². The molecule has 1 atom stereocenters. The molecule has 54 heavy (non-hydrogen) atoms. The van der Waals surface area contributed by atoms with E-state index in [0.29, 0.717) is 12.8 Å². The minimum absolute atomic E-state index is 0.122. The van der Waals surface area contributed by atoms with Crippen molar-refractivity contribution in [3.05, 3.63) is 72.9 Å². The molecule has 0 radical (unpaired) electrons. The summed E-state index contributed by atoms with van der Waals surface area (Å²) in [7, 11) is 0. The molecule has 0 aromatic carbocycles. The van der Waals surface area contributed by atoms with E-state index in [0.717, 1.165) is 64.2 Å². The van der Waals surface area contributed by atoms with E-state index in [1.54, 1.807) is 6.08 Å². The van der Waals surface area contributed by atoms with E-state index in [-0.39, 0.29) is 38.0 Å². The van der Waals surface area contributed by atoms with Gasteiger partial charge in [0.05, 0.1) is 6.42 Å². The number of carbonyl (C=O) groups excluding carboxylic acids is 3. The number of ether oxygens (including phenoxy) is 3. The summed E-state index contributed by atoms with van der Waals surface area (Å²) in [5.41, 5.74) is 0. The number of unbranched alkanes of at least 4 members (excludes halogenated alkanes) is 16. The molecule has 0 saturated carbocycles. The standard InChI is InChI=1S/C48H80O6/c1-4-7-10-13-16-19-21-22-23-24-25-27-29-32-35-38-41-47(50)53-44-45(43-52-46(49)40-37-34-31-28-18-15-12-9-6-3)54-48(51)42-39-36-33-30-26-20-17-14-11-8-5-2/h8-9,11-12,17-18,20,28,30,33-34,37,45H,4-7,10,13-16,19,21-27,29,31-32,35-36,38-44H2,1-3H3/b11-8-,12-9-,20-17-,28-18-,33-30-,37-34-. The number of rotatable bonds is 38. The first kappa shape index (κ1) is 50.9. The molecule has 0 N–H and O–H groups in total. The van der Waals surface area contributed by atoms with Gasteiger partial charge in [-0.3, -0.25) is 14.4 Å². The van der Waals surface area contributed by atoms with Gasteiger partial charge in [-0.1, -0.05) is 190 Å². The third-order valence-corrected chi connectivity index (χ3v) is 8.99. The van der Waals surface area contributed by atoms with Crippen molar-refractivity contribution < 1.29 is 28.6 Å². The Morgan fingerprint density at radius 2 is 0.796 bits per heavy atom. The molecule has 0 aromatic rings. The van der Waals surface area contributed by atoms with E-state index in [2.05, 4.69) is 81.5 Å². The number of hydrogen-bond acceptors (Lipinski definition) is 6. The summed E-state index contributed by atoms with van der Waals surface area (Å²) in [6, 6.07) is 0. The van der Waals surface area contributed by atoms with E-state index in [9.17, 15) is 14.4 Å². The Morgan fingerprint density at radius 1 is 0.407 bits per heavy atom. The van der Waals surface area contributed by atoms with Crippen LogP contribution in [0.1, 0.15) is 194 Å². The highest BCUT2D eigenvalue weighted by Crippen LogP contribution is 2.14. The highest BCUT2D eigenvalue weighted by atomic mass is 16.6. The molecule has 6 nitrogen and oxygen atoms in total. The van der Waals surface area contributed by atoms with Crippen LogP contribution in [0.25, 0.3) is 0 Å². The molecular formula is C48H80O6. The quantitative estimate of drug-likeness (QED) is 0.0270. The zero-order valence-electron chi connectivity index (χ0n) is 35.0. The summed E-state index contributed by atoms with van der Waals surface area (Å²) in [5.74, 6) is -1.11. The Hall–Kier alpha value is -3.15. The van der Waals surface area contributed by atoms with Crippen LogP contribution >= 0.6 is 0 Å². The number of carbonyl (C=O) groups is 3. The summed E-state index contributed by atoms with van der Waals surface area (Å²) in [4.78, 5) is 37.5. The van der Waals surface area contributed by atoms with Gasteiger partial charge < -0.3 is 14.2 Å². The van der Waals surface area contributed by atoms with Crippen molar-refractivity contribution in [2.45, 2.75) is 200 Å². The SMILES string of the molecule is CC/C=C\C/C=C\C/C=C\CCCC(=O)OC(COC(=O)C/C=C\C/C=C\C/C=C\CC)COC(=O)CCCCCCCCCCCCCCCCCC. The molecule has 0 fully saturated rings. The lowest BCUT2D eigenvalue weighted by Crippen LogP contribution is -2.30. The first-order chi connectivity index (χ1) is 26.5. The maximum Gasteiger partial charge on any atom is 0.309 e. The second-order valence-corrected chi connectivity index (χ2v) is 14.2. The normalized spacial score (nSPS) is 12.7. The largest absolute Gasteiger partial charge is 0.462 e. The number of esters is 3. The summed E-state index contributed by atoms with van der Waals surface area (Å²) in [5, 5.41) is 0. The van der Waals surface area contributed by atoms with E-state index in [4.69, 9.17) is 14.2 Å². The minimum Gasteiger partial charge on any atom is -0.462 e. The zero-order chi connectivity index (χ0) is 39.4. The van der Waals surface area contributed by atoms with E-state index < -0.39 is 12.1 Å². The summed E-state index contributed by atoms with van der Waals surface area (Å²) >= 11 is 0. The maximum atomic E-state index is 12.6. The van der Waals surface area contributed by atoms with Gasteiger partial charge in [-0.2, -0.15) is 0 Å². The Balaban J connectivity index is 4.43. The van der Waals surface area contributed by atoms with Gasteiger partial charge in [-0.25, -0.2) is 0 Å². The van der Waals surface area contributed by atoms with Gasteiger partial charge in [-0.05, 0) is 57.8 Å². The summed E-state index contributed by atoms with van der Waals surface area (Å²) < 4.78 is 16.5. The fourth-order valence-electron chi connectivity index (χ4n) is 5.76. The van der Waals surface area contributed by atoms with Crippen molar-refractivity contribution in [2.24, 2.45) is 0 Å². The average molecular weight is 753 g/mol. The topological polar surface area (TPSA) is 78.9 Å². The lowest BCUT2D eigenvalue weighted by Gasteiger charge is -2.18. The molecule has 1 unspecified atom stereocenters. The van der Waals surface area contributed by atoms with Crippen LogP contribution in [0.5, 0.6) is 0 Å². The fraction of sp³-hybridized carbons (Fsp3) is 0.688. The van der Waals surface area contributed by atoms with Gasteiger partial charge in [0.2, 0.25) is 0 Å². The second kappa shape index (κ2) is 42.6. The molecule has 0 bridgehead atoms. The van der Waals surface area contributed by atoms with Crippen LogP contribution in [0.15, 0.2) is 72.9 Å². The van der Waals surface area contributed by atoms with Crippen molar-refractivity contribution in [1.29, 1.82) is 0 Å². The van der Waals surface area contributed by atoms with E-state index >= 15 is 0 Å². The van der Waals surface area contributed by atoms with Gasteiger partial charge in [0, 0.05) is 12.8 Å². The van der Waals surface area contributed by atoms with Gasteiger partial charge in [0.1, 0.15) is 13.2 Å². The van der Waals surface area contributed by atoms with Crippen LogP contribution < -0.4 is 0 Å². The Kier molecular flexibility index (Phi) is 40.1. The molecule has 0 aliphatic rings. The van der Waals surface area contributed by atoms with Gasteiger partial charge >= 0.3 is 17.9 Å². The Labute approximate surface area is 332 Å². The van der Waals surface area contributed by atoms with Gasteiger partial charge in [0.25, 0.3) is 0 Å². The number of allylic oxidation sites excluding steroid dienone is 11. The first-order valence-corrected chi connectivity index (χ1v) is 21.9. The van der Waals surface area contributed by atoms with Crippen LogP contribution in [-0.2, 0) is 28.6 Å². The molecule has 0 rings (SSSR count). The Morgan fingerprint density at radius 3 is 1.28 bits per heavy atom. The Bertz CT molecular complexity index is 1050. The molecule has 6 heteroatoms. The highest BCUT2D eigenvalue weighted by molar-refractivity contribution is 5.72. The summed E-state index contributed by atoms with van der Waals surface area (Å²) in [6.45, 7) is 6.24. The molecule has 0 aliphatic heterocycles. The van der Waals surface area contributed by atoms with Crippen molar-refractivity contribution >= 4 is 17.9 Å². The second-order valence-electron chi connectivity index (χ2n) is 14.2. The lowest BCUT2D eigenvalue weighted by atomic mass is 10.0. The van der Waals surface area contributed by atoms with Gasteiger partial charge in [0.15, 0.2) is 6.10 Å². The average Bonchev–Trinajstić information content (AvgIpc) is 3.17. The lowest BCUT2D eigenvalue weighted by molar-refractivity contribution is -0.166. The van der Waals surface area contributed by atoms with Crippen molar-refractivity contribution in [3.63, 3.8) is 0 Å².